The first-order chi connectivity index (χ1) is 9.04. The Labute approximate surface area is 112 Å². The summed E-state index contributed by atoms with van der Waals surface area (Å²) in [5.41, 5.74) is 2.24. The lowest BCUT2D eigenvalue weighted by molar-refractivity contribution is 0.0699. The third-order valence-corrected chi connectivity index (χ3v) is 4.05. The number of aromatic carboxylic acids is 1. The minimum atomic E-state index is -0.907. The molecule has 4 heteroatoms. The van der Waals surface area contributed by atoms with Crippen LogP contribution in [0, 0.1) is 5.41 Å². The molecule has 3 rings (SSSR count). The summed E-state index contributed by atoms with van der Waals surface area (Å²) in [5.74, 6) is 0.0763. The van der Waals surface area contributed by atoms with E-state index in [0.29, 0.717) is 16.5 Å². The minimum Gasteiger partial charge on any atom is -0.478 e. The van der Waals surface area contributed by atoms with Crippen molar-refractivity contribution >= 4 is 17.0 Å². The van der Waals surface area contributed by atoms with Gasteiger partial charge >= 0.3 is 5.97 Å². The van der Waals surface area contributed by atoms with Gasteiger partial charge in [-0.3, -0.25) is 0 Å². The van der Waals surface area contributed by atoms with Crippen LogP contribution in [0.4, 0.5) is 0 Å². The first kappa shape index (κ1) is 12.2. The van der Waals surface area contributed by atoms with Crippen molar-refractivity contribution in [1.29, 1.82) is 0 Å². The van der Waals surface area contributed by atoms with Gasteiger partial charge in [0.1, 0.15) is 11.3 Å². The molecule has 1 fully saturated rings. The van der Waals surface area contributed by atoms with Gasteiger partial charge < -0.3 is 9.67 Å². The maximum absolute atomic E-state index is 11.3. The normalized spacial score (nSPS) is 16.7. The van der Waals surface area contributed by atoms with Gasteiger partial charge in [-0.25, -0.2) is 9.78 Å². The molecule has 0 aliphatic heterocycles. The van der Waals surface area contributed by atoms with E-state index in [1.54, 1.807) is 12.1 Å². The average molecular weight is 258 g/mol. The van der Waals surface area contributed by atoms with Crippen LogP contribution in [0.5, 0.6) is 0 Å². The van der Waals surface area contributed by atoms with Gasteiger partial charge in [0.2, 0.25) is 0 Å². The van der Waals surface area contributed by atoms with E-state index in [4.69, 9.17) is 0 Å². The Kier molecular flexibility index (Phi) is 2.62. The van der Waals surface area contributed by atoms with E-state index >= 15 is 0 Å². The SMILES string of the molecule is CCc1nc2c(C(=O)O)cccc2n1CC1(C)CC1. The van der Waals surface area contributed by atoms with Crippen molar-refractivity contribution in [2.45, 2.75) is 39.7 Å². The minimum absolute atomic E-state index is 0.298. The molecule has 0 atom stereocenters. The Morgan fingerprint density at radius 1 is 1.47 bits per heavy atom. The van der Waals surface area contributed by atoms with Gasteiger partial charge in [0, 0.05) is 13.0 Å². The Balaban J connectivity index is 2.19. The summed E-state index contributed by atoms with van der Waals surface area (Å²) in [6, 6.07) is 5.40. The van der Waals surface area contributed by atoms with Crippen molar-refractivity contribution in [3.63, 3.8) is 0 Å². The van der Waals surface area contributed by atoms with Crippen LogP contribution in [-0.2, 0) is 13.0 Å². The average Bonchev–Trinajstić information content (AvgIpc) is 3.00. The summed E-state index contributed by atoms with van der Waals surface area (Å²) in [6.07, 6.45) is 3.31. The Morgan fingerprint density at radius 3 is 2.79 bits per heavy atom. The van der Waals surface area contributed by atoms with Gasteiger partial charge in [-0.1, -0.05) is 19.9 Å². The van der Waals surface area contributed by atoms with Crippen LogP contribution in [0.15, 0.2) is 18.2 Å². The van der Waals surface area contributed by atoms with Crippen LogP contribution in [0.3, 0.4) is 0 Å². The maximum atomic E-state index is 11.3. The number of carboxylic acids is 1. The lowest BCUT2D eigenvalue weighted by Crippen LogP contribution is -2.10. The van der Waals surface area contributed by atoms with Crippen LogP contribution >= 0.6 is 0 Å². The molecular formula is C15H18N2O2. The largest absolute Gasteiger partial charge is 0.478 e. The second-order valence-electron chi connectivity index (χ2n) is 5.76. The lowest BCUT2D eigenvalue weighted by Gasteiger charge is -2.13. The molecule has 19 heavy (non-hydrogen) atoms. The molecule has 1 aliphatic carbocycles. The zero-order valence-corrected chi connectivity index (χ0v) is 11.3. The summed E-state index contributed by atoms with van der Waals surface area (Å²) in [7, 11) is 0. The van der Waals surface area contributed by atoms with E-state index < -0.39 is 5.97 Å². The molecule has 1 aromatic carbocycles. The first-order valence-electron chi connectivity index (χ1n) is 6.75. The van der Waals surface area contributed by atoms with E-state index in [1.807, 2.05) is 6.07 Å². The number of hydrogen-bond donors (Lipinski definition) is 1. The number of fused-ring (bicyclic) bond motifs is 1. The molecule has 2 aromatic rings. The van der Waals surface area contributed by atoms with Crippen molar-refractivity contribution < 1.29 is 9.90 Å². The number of carbonyl (C=O) groups is 1. The van der Waals surface area contributed by atoms with Crippen molar-refractivity contribution in [3.05, 3.63) is 29.6 Å². The summed E-state index contributed by atoms with van der Waals surface area (Å²) in [5, 5.41) is 9.25. The number of para-hydroxylation sites is 1. The molecule has 0 radical (unpaired) electrons. The molecule has 1 aromatic heterocycles. The van der Waals surface area contributed by atoms with Crippen molar-refractivity contribution in [1.82, 2.24) is 9.55 Å². The molecule has 1 heterocycles. The molecule has 1 aliphatic rings. The summed E-state index contributed by atoms with van der Waals surface area (Å²) >= 11 is 0. The predicted molar refractivity (Wildman–Crippen MR) is 73.4 cm³/mol. The molecule has 4 nitrogen and oxygen atoms in total. The fraction of sp³-hybridized carbons (Fsp3) is 0.467. The molecule has 0 amide bonds. The smallest absolute Gasteiger partial charge is 0.337 e. The highest BCUT2D eigenvalue weighted by molar-refractivity contribution is 6.01. The van der Waals surface area contributed by atoms with Gasteiger partial charge in [0.05, 0.1) is 11.1 Å². The fourth-order valence-electron chi connectivity index (χ4n) is 2.57. The van der Waals surface area contributed by atoms with Crippen molar-refractivity contribution in [2.75, 3.05) is 0 Å². The molecular weight excluding hydrogens is 240 g/mol. The van der Waals surface area contributed by atoms with Gasteiger partial charge in [0.15, 0.2) is 0 Å². The van der Waals surface area contributed by atoms with Gasteiger partial charge in [-0.05, 0) is 30.4 Å². The third kappa shape index (κ3) is 2.01. The van der Waals surface area contributed by atoms with Crippen molar-refractivity contribution in [3.8, 4) is 0 Å². The second kappa shape index (κ2) is 4.08. The number of benzene rings is 1. The third-order valence-electron chi connectivity index (χ3n) is 4.05. The number of carboxylic acid groups (broad SMARTS) is 1. The summed E-state index contributed by atoms with van der Waals surface area (Å²) in [6.45, 7) is 5.28. The molecule has 0 bridgehead atoms. The Hall–Kier alpha value is -1.84. The van der Waals surface area contributed by atoms with E-state index in [9.17, 15) is 9.90 Å². The molecule has 1 saturated carbocycles. The predicted octanol–water partition coefficient (Wildman–Crippen LogP) is 3.10. The Bertz CT molecular complexity index is 653. The van der Waals surface area contributed by atoms with Gasteiger partial charge in [-0.15, -0.1) is 0 Å². The monoisotopic (exact) mass is 258 g/mol. The number of rotatable bonds is 4. The van der Waals surface area contributed by atoms with E-state index in [0.717, 1.165) is 24.3 Å². The standard InChI is InChI=1S/C15H18N2O2/c1-3-12-16-13-10(14(18)19)5-4-6-11(13)17(12)9-15(2)7-8-15/h4-6H,3,7-9H2,1-2H3,(H,18,19). The van der Waals surface area contributed by atoms with Crippen LogP contribution in [0.25, 0.3) is 11.0 Å². The van der Waals surface area contributed by atoms with Crippen LogP contribution in [0.2, 0.25) is 0 Å². The highest BCUT2D eigenvalue weighted by Gasteiger charge is 2.38. The fourth-order valence-corrected chi connectivity index (χ4v) is 2.57. The molecule has 1 N–H and O–H groups in total. The second-order valence-corrected chi connectivity index (χ2v) is 5.76. The molecule has 100 valence electrons. The molecule has 0 saturated heterocycles. The number of imidazole rings is 1. The zero-order valence-electron chi connectivity index (χ0n) is 11.3. The first-order valence-corrected chi connectivity index (χ1v) is 6.75. The highest BCUT2D eigenvalue weighted by Crippen LogP contribution is 2.47. The lowest BCUT2D eigenvalue weighted by atomic mass is 10.1. The van der Waals surface area contributed by atoms with Gasteiger partial charge in [-0.2, -0.15) is 0 Å². The van der Waals surface area contributed by atoms with Crippen molar-refractivity contribution in [2.24, 2.45) is 5.41 Å². The van der Waals surface area contributed by atoms with Crippen LogP contribution in [-0.4, -0.2) is 20.6 Å². The highest BCUT2D eigenvalue weighted by atomic mass is 16.4. The topological polar surface area (TPSA) is 55.1 Å². The zero-order chi connectivity index (χ0) is 13.6. The van der Waals surface area contributed by atoms with Gasteiger partial charge in [0.25, 0.3) is 0 Å². The Morgan fingerprint density at radius 2 is 2.21 bits per heavy atom. The molecule has 0 unspecified atom stereocenters. The number of nitrogens with zero attached hydrogens (tertiary/aromatic N) is 2. The van der Waals surface area contributed by atoms with E-state index in [2.05, 4.69) is 23.4 Å². The molecule has 0 spiro atoms. The van der Waals surface area contributed by atoms with E-state index in [1.165, 1.54) is 12.8 Å². The van der Waals surface area contributed by atoms with Crippen LogP contribution in [0.1, 0.15) is 42.9 Å². The summed E-state index contributed by atoms with van der Waals surface area (Å²) in [4.78, 5) is 15.8. The van der Waals surface area contributed by atoms with E-state index in [-0.39, 0.29) is 0 Å². The number of aromatic nitrogens is 2. The maximum Gasteiger partial charge on any atom is 0.337 e. The number of aryl methyl sites for hydroxylation is 1. The quantitative estimate of drug-likeness (QED) is 0.916. The summed E-state index contributed by atoms with van der Waals surface area (Å²) < 4.78 is 2.20. The number of hydrogen-bond acceptors (Lipinski definition) is 2. The van der Waals surface area contributed by atoms with Crippen LogP contribution < -0.4 is 0 Å².